The van der Waals surface area contributed by atoms with Gasteiger partial charge in [0, 0.05) is 0 Å². The predicted octanol–water partition coefficient (Wildman–Crippen LogP) is 2.07. The Morgan fingerprint density at radius 2 is 1.40 bits per heavy atom. The molecule has 5 heavy (non-hydrogen) atoms. The first-order valence-corrected chi connectivity index (χ1v) is 1.91. The van der Waals surface area contributed by atoms with Crippen LogP contribution in [0.5, 0.6) is 0 Å². The quantitative estimate of drug-likeness (QED) is 0.411. The molecule has 0 aromatic carbocycles. The Kier molecular flexibility index (Phi) is 64.0. The average molecular weight is 72.2 g/mol. The molecular weight excluding hydrogens is 60.1 g/mol. The van der Waals surface area contributed by atoms with E-state index in [9.17, 15) is 0 Å². The normalized spacial score (nSPS) is 4.80. The summed E-state index contributed by atoms with van der Waals surface area (Å²) < 4.78 is 0. The van der Waals surface area contributed by atoms with Crippen LogP contribution in [0.15, 0.2) is 0 Å². The summed E-state index contributed by atoms with van der Waals surface area (Å²) in [5, 5.41) is 0. The van der Waals surface area contributed by atoms with Gasteiger partial charge in [-0.25, -0.2) is 0 Å². The lowest BCUT2D eigenvalue weighted by molar-refractivity contribution is 1.23. The summed E-state index contributed by atoms with van der Waals surface area (Å²) >= 11 is 0. The van der Waals surface area contributed by atoms with Gasteiger partial charge >= 0.3 is 0 Å². The molecule has 0 aliphatic heterocycles. The topological polar surface area (TPSA) is 0 Å². The fourth-order valence-corrected chi connectivity index (χ4v) is 0. The third-order valence-electron chi connectivity index (χ3n) is 0. The van der Waals surface area contributed by atoms with E-state index in [0.717, 1.165) is 6.42 Å². The lowest BCUT2D eigenvalue weighted by Crippen LogP contribution is -1.29. The highest BCUT2D eigenvalue weighted by Crippen LogP contribution is 1.54. The van der Waals surface area contributed by atoms with Crippen LogP contribution in [-0.4, -0.2) is 0 Å². The minimum atomic E-state index is 1.00. The Hall–Kier alpha value is 0. The van der Waals surface area contributed by atoms with Gasteiger partial charge in [0.05, 0.1) is 0 Å². The molecule has 0 nitrogen and oxygen atoms in total. The summed E-state index contributed by atoms with van der Waals surface area (Å²) in [5.74, 6) is 0. The molecule has 0 aliphatic carbocycles. The Bertz CT molecular complexity index is 0. The maximum absolute atomic E-state index is 3.49. The molecule has 32 valence electrons. The van der Waals surface area contributed by atoms with Crippen LogP contribution in [0.1, 0.15) is 20.3 Å². The summed E-state index contributed by atoms with van der Waals surface area (Å²) in [6.45, 7) is 10.5. The molecule has 0 heterocycles. The second-order valence-corrected chi connectivity index (χ2v) is 0.500. The first-order valence-electron chi connectivity index (χ1n) is 1.91. The van der Waals surface area contributed by atoms with E-state index in [2.05, 4.69) is 13.8 Å². The van der Waals surface area contributed by atoms with Crippen LogP contribution >= 0.6 is 0 Å². The number of rotatable bonds is 0. The van der Waals surface area contributed by atoms with Gasteiger partial charge in [-0.2, -0.15) is 0 Å². The van der Waals surface area contributed by atoms with Crippen molar-refractivity contribution in [3.63, 3.8) is 0 Å². The van der Waals surface area contributed by atoms with Gasteiger partial charge in [0.1, 0.15) is 0 Å². The molecule has 0 spiro atoms. The molecule has 0 amide bonds. The molecule has 0 saturated heterocycles. The van der Waals surface area contributed by atoms with Crippen LogP contribution in [0.2, 0.25) is 0 Å². The Balaban J connectivity index is 0. The van der Waals surface area contributed by atoms with Crippen LogP contribution in [0.4, 0.5) is 0 Å². The van der Waals surface area contributed by atoms with E-state index in [-0.39, 0.29) is 0 Å². The third kappa shape index (κ3) is 0. The van der Waals surface area contributed by atoms with Gasteiger partial charge in [-0.15, -0.1) is 0 Å². The molecule has 0 aromatic heterocycles. The van der Waals surface area contributed by atoms with Crippen molar-refractivity contribution in [3.05, 3.63) is 13.8 Å². The third-order valence-corrected chi connectivity index (χ3v) is 0. The van der Waals surface area contributed by atoms with Gasteiger partial charge < -0.3 is 0 Å². The predicted molar refractivity (Wildman–Crippen MR) is 26.7 cm³/mol. The minimum Gasteiger partial charge on any atom is -0.0654 e. The average Bonchev–Trinajstić information content (AvgIpc) is 1.46. The van der Waals surface area contributed by atoms with Crippen molar-refractivity contribution in [1.29, 1.82) is 0 Å². The zero-order chi connectivity index (χ0) is 4.71. The molecule has 0 saturated carbocycles. The van der Waals surface area contributed by atoms with Crippen molar-refractivity contribution in [1.82, 2.24) is 0 Å². The van der Waals surface area contributed by atoms with Crippen LogP contribution in [0.3, 0.4) is 0 Å². The van der Waals surface area contributed by atoms with Crippen molar-refractivity contribution in [2.75, 3.05) is 0 Å². The Morgan fingerprint density at radius 3 is 1.40 bits per heavy atom. The van der Waals surface area contributed by atoms with Gasteiger partial charge in [-0.05, 0) is 0 Å². The van der Waals surface area contributed by atoms with Gasteiger partial charge in [0.15, 0.2) is 0 Å². The molecule has 0 fully saturated rings. The highest BCUT2D eigenvalue weighted by atomic mass is 13.4. The zero-order valence-electron chi connectivity index (χ0n) is 4.12. The first kappa shape index (κ1) is 8.89. The monoisotopic (exact) mass is 72.1 g/mol. The van der Waals surface area contributed by atoms with Crippen LogP contribution in [0.25, 0.3) is 0 Å². The second kappa shape index (κ2) is 36.0. The zero-order valence-corrected chi connectivity index (χ0v) is 4.12. The van der Waals surface area contributed by atoms with Gasteiger partial charge in [0.25, 0.3) is 0 Å². The van der Waals surface area contributed by atoms with E-state index in [4.69, 9.17) is 0 Å². The van der Waals surface area contributed by atoms with E-state index in [1.807, 2.05) is 6.92 Å². The van der Waals surface area contributed by atoms with Gasteiger partial charge in [0.2, 0.25) is 0 Å². The van der Waals surface area contributed by atoms with Crippen molar-refractivity contribution in [3.8, 4) is 0 Å². The lowest BCUT2D eigenvalue weighted by atomic mass is 10.6. The highest BCUT2D eigenvalue weighted by Gasteiger charge is 1.36. The van der Waals surface area contributed by atoms with E-state index in [0.29, 0.717) is 0 Å². The van der Waals surface area contributed by atoms with Crippen molar-refractivity contribution in [2.24, 2.45) is 0 Å². The summed E-state index contributed by atoms with van der Waals surface area (Å²) in [6, 6.07) is 0. The Labute approximate surface area is 35.2 Å². The molecule has 0 unspecified atom stereocenters. The molecule has 0 atom stereocenters. The van der Waals surface area contributed by atoms with Crippen LogP contribution < -0.4 is 0 Å². The number of hydrogen-bond acceptors (Lipinski definition) is 0. The van der Waals surface area contributed by atoms with Crippen LogP contribution in [0, 0.1) is 13.8 Å². The molecule has 0 rings (SSSR count). The van der Waals surface area contributed by atoms with Gasteiger partial charge in [-0.1, -0.05) is 34.1 Å². The molecule has 0 aliphatic rings. The van der Waals surface area contributed by atoms with Crippen molar-refractivity contribution >= 4 is 0 Å². The molecule has 2 radical (unpaired) electrons. The van der Waals surface area contributed by atoms with E-state index < -0.39 is 0 Å². The maximum Gasteiger partial charge on any atom is -0.0536 e. The maximum atomic E-state index is 3.49. The van der Waals surface area contributed by atoms with E-state index in [1.165, 1.54) is 0 Å². The summed E-state index contributed by atoms with van der Waals surface area (Å²) in [4.78, 5) is 0. The first-order chi connectivity index (χ1) is 2.41. The van der Waals surface area contributed by atoms with Gasteiger partial charge in [-0.3, -0.25) is 0 Å². The van der Waals surface area contributed by atoms with Crippen molar-refractivity contribution in [2.45, 2.75) is 20.3 Å². The Morgan fingerprint density at radius 1 is 1.40 bits per heavy atom. The van der Waals surface area contributed by atoms with Crippen LogP contribution in [-0.2, 0) is 0 Å². The summed E-state index contributed by atoms with van der Waals surface area (Å²) in [5.41, 5.74) is 0. The fraction of sp³-hybridized carbons (Fsp3) is 0.600. The summed E-state index contributed by atoms with van der Waals surface area (Å²) in [7, 11) is 0. The molecule has 0 aromatic rings. The second-order valence-electron chi connectivity index (χ2n) is 0.500. The van der Waals surface area contributed by atoms with E-state index >= 15 is 0 Å². The highest BCUT2D eigenvalue weighted by molar-refractivity contribution is 4.18. The van der Waals surface area contributed by atoms with Crippen molar-refractivity contribution < 1.29 is 0 Å². The molecule has 0 bridgehead atoms. The summed E-state index contributed by atoms with van der Waals surface area (Å²) in [6.07, 6.45) is 1.00. The lowest BCUT2D eigenvalue weighted by Gasteiger charge is -1.47. The molecular formula is C5H12. The largest absolute Gasteiger partial charge is 0.0654 e. The standard InChI is InChI=1S/C3H7.C2H5/c1-3-2;1-2/h1,3H2,2H3;1H2,2H3. The fourth-order valence-electron chi connectivity index (χ4n) is 0. The smallest absolute Gasteiger partial charge is 0.0536 e. The molecule has 0 N–H and O–H groups in total. The minimum absolute atomic E-state index is 1.00. The molecule has 0 heteroatoms. The SMILES string of the molecule is [CH2]C.[CH2]CC. The van der Waals surface area contributed by atoms with E-state index in [1.54, 1.807) is 6.92 Å². The number of hydrogen-bond donors (Lipinski definition) is 0.